The number of amides is 1. The number of nitrogen functional groups attached to an aromatic ring is 1. The van der Waals surface area contributed by atoms with Gasteiger partial charge in [0.15, 0.2) is 0 Å². The van der Waals surface area contributed by atoms with Crippen LogP contribution in [0.5, 0.6) is 0 Å². The molecule has 0 atom stereocenters. The molecule has 2 rings (SSSR count). The van der Waals surface area contributed by atoms with Crippen molar-refractivity contribution in [2.45, 2.75) is 6.54 Å². The molecule has 20 heavy (non-hydrogen) atoms. The molecular formula is C14H20N4OS. The molecule has 1 aromatic heterocycles. The number of hydrazine groups is 1. The lowest BCUT2D eigenvalue weighted by Crippen LogP contribution is -2.31. The van der Waals surface area contributed by atoms with E-state index in [9.17, 15) is 4.79 Å². The number of carbonyl (C=O) groups is 1. The molecule has 0 aliphatic carbocycles. The largest absolute Gasteiger partial charge is 0.318 e. The number of benzene rings is 1. The van der Waals surface area contributed by atoms with Gasteiger partial charge in [-0.25, -0.2) is 5.84 Å². The SMILES string of the molecule is CNCCN(C)Cc1c(C(=O)NN)sc2ccccc12. The fourth-order valence-corrected chi connectivity index (χ4v) is 3.27. The number of nitrogens with two attached hydrogens (primary N) is 1. The zero-order valence-corrected chi connectivity index (χ0v) is 12.6. The summed E-state index contributed by atoms with van der Waals surface area (Å²) in [6, 6.07) is 8.07. The maximum atomic E-state index is 11.9. The second-order valence-electron chi connectivity index (χ2n) is 4.72. The molecule has 1 heterocycles. The minimum Gasteiger partial charge on any atom is -0.318 e. The molecule has 0 bridgehead atoms. The van der Waals surface area contributed by atoms with Crippen molar-refractivity contribution in [2.75, 3.05) is 27.2 Å². The van der Waals surface area contributed by atoms with Gasteiger partial charge in [-0.3, -0.25) is 10.2 Å². The summed E-state index contributed by atoms with van der Waals surface area (Å²) in [5, 5.41) is 4.26. The van der Waals surface area contributed by atoms with E-state index in [1.54, 1.807) is 0 Å². The van der Waals surface area contributed by atoms with Crippen LogP contribution in [-0.4, -0.2) is 38.0 Å². The summed E-state index contributed by atoms with van der Waals surface area (Å²) in [5.74, 6) is 5.07. The minimum atomic E-state index is -0.219. The van der Waals surface area contributed by atoms with E-state index >= 15 is 0 Å². The van der Waals surface area contributed by atoms with Gasteiger partial charge in [0.1, 0.15) is 0 Å². The molecule has 0 radical (unpaired) electrons. The monoisotopic (exact) mass is 292 g/mol. The first-order valence-corrected chi connectivity index (χ1v) is 7.33. The van der Waals surface area contributed by atoms with Gasteiger partial charge in [0, 0.05) is 24.3 Å². The van der Waals surface area contributed by atoms with Crippen molar-refractivity contribution in [3.05, 3.63) is 34.7 Å². The zero-order chi connectivity index (χ0) is 14.5. The van der Waals surface area contributed by atoms with E-state index in [0.29, 0.717) is 4.88 Å². The Bertz CT molecular complexity index is 596. The van der Waals surface area contributed by atoms with Crippen molar-refractivity contribution in [1.82, 2.24) is 15.6 Å². The van der Waals surface area contributed by atoms with Crippen LogP contribution in [0, 0.1) is 0 Å². The molecule has 6 heteroatoms. The third-order valence-electron chi connectivity index (χ3n) is 3.21. The first-order valence-electron chi connectivity index (χ1n) is 6.52. The summed E-state index contributed by atoms with van der Waals surface area (Å²) in [6.45, 7) is 2.57. The number of fused-ring (bicyclic) bond motifs is 1. The number of carbonyl (C=O) groups excluding carboxylic acids is 1. The van der Waals surface area contributed by atoms with Crippen LogP contribution in [-0.2, 0) is 6.54 Å². The third kappa shape index (κ3) is 3.16. The van der Waals surface area contributed by atoms with Crippen molar-refractivity contribution < 1.29 is 4.79 Å². The average molecular weight is 292 g/mol. The van der Waals surface area contributed by atoms with E-state index in [4.69, 9.17) is 5.84 Å². The molecule has 0 aliphatic rings. The Balaban J connectivity index is 2.35. The van der Waals surface area contributed by atoms with Gasteiger partial charge in [-0.1, -0.05) is 18.2 Å². The van der Waals surface area contributed by atoms with Gasteiger partial charge in [0.2, 0.25) is 0 Å². The van der Waals surface area contributed by atoms with E-state index in [0.717, 1.165) is 35.3 Å². The molecule has 0 unspecified atom stereocenters. The van der Waals surface area contributed by atoms with Crippen molar-refractivity contribution in [2.24, 2.45) is 5.84 Å². The number of nitrogens with one attached hydrogen (secondary N) is 2. The van der Waals surface area contributed by atoms with Gasteiger partial charge in [-0.15, -0.1) is 11.3 Å². The first-order chi connectivity index (χ1) is 9.67. The highest BCUT2D eigenvalue weighted by Crippen LogP contribution is 2.31. The summed E-state index contributed by atoms with van der Waals surface area (Å²) in [5.41, 5.74) is 3.29. The molecule has 4 N–H and O–H groups in total. The Labute approximate surface area is 122 Å². The molecule has 0 spiro atoms. The Morgan fingerprint density at radius 1 is 1.40 bits per heavy atom. The number of hydrogen-bond donors (Lipinski definition) is 3. The highest BCUT2D eigenvalue weighted by molar-refractivity contribution is 7.21. The van der Waals surface area contributed by atoms with Crippen LogP contribution >= 0.6 is 11.3 Å². The van der Waals surface area contributed by atoms with Gasteiger partial charge >= 0.3 is 0 Å². The minimum absolute atomic E-state index is 0.219. The van der Waals surface area contributed by atoms with Crippen molar-refractivity contribution in [3.63, 3.8) is 0 Å². The molecule has 0 aliphatic heterocycles. The van der Waals surface area contributed by atoms with Crippen LogP contribution in [0.3, 0.4) is 0 Å². The molecule has 0 saturated heterocycles. The Morgan fingerprint density at radius 2 is 2.15 bits per heavy atom. The van der Waals surface area contributed by atoms with Crippen LogP contribution in [0.4, 0.5) is 0 Å². The van der Waals surface area contributed by atoms with Crippen LogP contribution in [0.1, 0.15) is 15.2 Å². The van der Waals surface area contributed by atoms with Gasteiger partial charge in [-0.2, -0.15) is 0 Å². The maximum Gasteiger partial charge on any atom is 0.275 e. The summed E-state index contributed by atoms with van der Waals surface area (Å²) < 4.78 is 1.11. The molecule has 108 valence electrons. The second kappa shape index (κ2) is 6.81. The van der Waals surface area contributed by atoms with E-state index in [-0.39, 0.29) is 5.91 Å². The Morgan fingerprint density at radius 3 is 2.85 bits per heavy atom. The van der Waals surface area contributed by atoms with Gasteiger partial charge in [0.25, 0.3) is 5.91 Å². The summed E-state index contributed by atoms with van der Waals surface area (Å²) in [4.78, 5) is 14.8. The number of likely N-dealkylation sites (N-methyl/N-ethyl adjacent to an activating group) is 2. The van der Waals surface area contributed by atoms with Gasteiger partial charge in [-0.05, 0) is 31.1 Å². The summed E-state index contributed by atoms with van der Waals surface area (Å²) in [7, 11) is 3.98. The summed E-state index contributed by atoms with van der Waals surface area (Å²) >= 11 is 1.49. The molecule has 2 aromatic rings. The van der Waals surface area contributed by atoms with Gasteiger partial charge in [0.05, 0.1) is 4.88 Å². The van der Waals surface area contributed by atoms with Crippen LogP contribution in [0.15, 0.2) is 24.3 Å². The van der Waals surface area contributed by atoms with Crippen LogP contribution < -0.4 is 16.6 Å². The zero-order valence-electron chi connectivity index (χ0n) is 11.8. The molecule has 5 nitrogen and oxygen atoms in total. The molecule has 1 amide bonds. The fourth-order valence-electron chi connectivity index (χ4n) is 2.16. The van der Waals surface area contributed by atoms with Crippen LogP contribution in [0.2, 0.25) is 0 Å². The molecule has 0 fully saturated rings. The first kappa shape index (κ1) is 14.9. The lowest BCUT2D eigenvalue weighted by molar-refractivity contribution is 0.0956. The predicted molar refractivity (Wildman–Crippen MR) is 83.7 cm³/mol. The van der Waals surface area contributed by atoms with E-state index in [2.05, 4.69) is 21.7 Å². The third-order valence-corrected chi connectivity index (χ3v) is 4.42. The lowest BCUT2D eigenvalue weighted by atomic mass is 10.1. The maximum absolute atomic E-state index is 11.9. The van der Waals surface area contributed by atoms with Crippen molar-refractivity contribution in [3.8, 4) is 0 Å². The highest BCUT2D eigenvalue weighted by atomic mass is 32.1. The number of nitrogens with zero attached hydrogens (tertiary/aromatic N) is 1. The standard InChI is InChI=1S/C14H20N4OS/c1-16-7-8-18(2)9-11-10-5-3-4-6-12(10)20-13(11)14(19)17-15/h3-6,16H,7-9,15H2,1-2H3,(H,17,19). The normalized spacial score (nSPS) is 11.2. The topological polar surface area (TPSA) is 70.4 Å². The average Bonchev–Trinajstić information content (AvgIpc) is 2.83. The quantitative estimate of drug-likeness (QED) is 0.424. The van der Waals surface area contributed by atoms with E-state index < -0.39 is 0 Å². The molecule has 1 aromatic carbocycles. The summed E-state index contributed by atoms with van der Waals surface area (Å²) in [6.07, 6.45) is 0. The van der Waals surface area contributed by atoms with Crippen molar-refractivity contribution in [1.29, 1.82) is 0 Å². The van der Waals surface area contributed by atoms with Crippen molar-refractivity contribution >= 4 is 27.3 Å². The second-order valence-corrected chi connectivity index (χ2v) is 5.77. The Kier molecular flexibility index (Phi) is 5.08. The highest BCUT2D eigenvalue weighted by Gasteiger charge is 2.18. The van der Waals surface area contributed by atoms with Gasteiger partial charge < -0.3 is 10.2 Å². The van der Waals surface area contributed by atoms with Crippen LogP contribution in [0.25, 0.3) is 10.1 Å². The van der Waals surface area contributed by atoms with E-state index in [1.807, 2.05) is 32.3 Å². The number of rotatable bonds is 6. The van der Waals surface area contributed by atoms with E-state index in [1.165, 1.54) is 11.3 Å². The molecule has 0 saturated carbocycles. The number of hydrogen-bond acceptors (Lipinski definition) is 5. The fraction of sp³-hybridized carbons (Fsp3) is 0.357. The smallest absolute Gasteiger partial charge is 0.275 e. The Hall–Kier alpha value is -1.47. The predicted octanol–water partition coefficient (Wildman–Crippen LogP) is 1.16. The lowest BCUT2D eigenvalue weighted by Gasteiger charge is -2.16. The number of thiophene rings is 1. The molecular weight excluding hydrogens is 272 g/mol.